The zero-order chi connectivity index (χ0) is 15.1. The SMILES string of the molecule is CC(O)c1ccc(N2C3CCC2CC(O)C3)c([N+](=O)[O-])c1. The second-order valence-electron chi connectivity index (χ2n) is 6.10. The maximum Gasteiger partial charge on any atom is 0.292 e. The summed E-state index contributed by atoms with van der Waals surface area (Å²) in [6.45, 7) is 1.60. The molecule has 114 valence electrons. The largest absolute Gasteiger partial charge is 0.393 e. The molecule has 0 aliphatic carbocycles. The van der Waals surface area contributed by atoms with Crippen molar-refractivity contribution in [1.29, 1.82) is 0 Å². The summed E-state index contributed by atoms with van der Waals surface area (Å²) in [6, 6.07) is 5.30. The molecule has 2 aliphatic heterocycles. The zero-order valence-electron chi connectivity index (χ0n) is 12.0. The minimum absolute atomic E-state index is 0.0432. The third-order valence-electron chi connectivity index (χ3n) is 4.66. The second-order valence-corrected chi connectivity index (χ2v) is 6.10. The molecule has 0 spiro atoms. The Bertz CT molecular complexity index is 547. The van der Waals surface area contributed by atoms with Gasteiger partial charge in [0.15, 0.2) is 0 Å². The van der Waals surface area contributed by atoms with Gasteiger partial charge in [-0.1, -0.05) is 6.07 Å². The highest BCUT2D eigenvalue weighted by Crippen LogP contribution is 2.43. The van der Waals surface area contributed by atoms with E-state index in [1.807, 2.05) is 0 Å². The number of benzene rings is 1. The van der Waals surface area contributed by atoms with Gasteiger partial charge in [0.05, 0.1) is 17.1 Å². The molecule has 6 heteroatoms. The maximum atomic E-state index is 11.4. The van der Waals surface area contributed by atoms with Gasteiger partial charge in [-0.05, 0) is 44.2 Å². The lowest BCUT2D eigenvalue weighted by molar-refractivity contribution is -0.384. The lowest BCUT2D eigenvalue weighted by Crippen LogP contribution is -2.45. The van der Waals surface area contributed by atoms with Crippen LogP contribution in [0.2, 0.25) is 0 Å². The standard InChI is InChI=1S/C15H20N2O4/c1-9(18)10-2-5-14(15(6-10)17(20)21)16-11-3-4-12(16)8-13(19)7-11/h2,5-6,9,11-13,18-19H,3-4,7-8H2,1H3. The van der Waals surface area contributed by atoms with E-state index < -0.39 is 6.10 Å². The Labute approximate surface area is 123 Å². The van der Waals surface area contributed by atoms with Crippen LogP contribution in [0, 0.1) is 10.1 Å². The second kappa shape index (κ2) is 5.27. The minimum Gasteiger partial charge on any atom is -0.393 e. The summed E-state index contributed by atoms with van der Waals surface area (Å²) in [5, 5.41) is 30.9. The maximum absolute atomic E-state index is 11.4. The molecule has 0 aromatic heterocycles. The number of aliphatic hydroxyl groups is 2. The summed E-state index contributed by atoms with van der Waals surface area (Å²) in [5.41, 5.74) is 1.21. The summed E-state index contributed by atoms with van der Waals surface area (Å²) in [6.07, 6.45) is 2.26. The van der Waals surface area contributed by atoms with Crippen molar-refractivity contribution in [3.63, 3.8) is 0 Å². The average molecular weight is 292 g/mol. The van der Waals surface area contributed by atoms with Gasteiger partial charge in [-0.2, -0.15) is 0 Å². The number of aliphatic hydroxyl groups excluding tert-OH is 2. The topological polar surface area (TPSA) is 86.8 Å². The molecule has 2 saturated heterocycles. The predicted molar refractivity (Wildman–Crippen MR) is 78.3 cm³/mol. The van der Waals surface area contributed by atoms with Crippen LogP contribution < -0.4 is 4.90 Å². The first-order valence-corrected chi connectivity index (χ1v) is 7.40. The lowest BCUT2D eigenvalue weighted by atomic mass is 9.98. The molecule has 1 aromatic rings. The number of hydrogen-bond acceptors (Lipinski definition) is 5. The molecule has 3 rings (SSSR count). The van der Waals surface area contributed by atoms with Crippen molar-refractivity contribution < 1.29 is 15.1 Å². The van der Waals surface area contributed by atoms with E-state index in [1.54, 1.807) is 19.1 Å². The molecule has 1 aromatic carbocycles. The Balaban J connectivity index is 2.00. The van der Waals surface area contributed by atoms with Crippen LogP contribution in [-0.2, 0) is 0 Å². The quantitative estimate of drug-likeness (QED) is 0.658. The van der Waals surface area contributed by atoms with E-state index in [0.29, 0.717) is 24.1 Å². The smallest absolute Gasteiger partial charge is 0.292 e. The molecule has 3 atom stereocenters. The first-order valence-electron chi connectivity index (χ1n) is 7.40. The van der Waals surface area contributed by atoms with Gasteiger partial charge in [-0.3, -0.25) is 10.1 Å². The molecule has 21 heavy (non-hydrogen) atoms. The summed E-state index contributed by atoms with van der Waals surface area (Å²) < 4.78 is 0. The van der Waals surface area contributed by atoms with Crippen LogP contribution in [0.15, 0.2) is 18.2 Å². The molecule has 2 N–H and O–H groups in total. The zero-order valence-corrected chi connectivity index (χ0v) is 12.0. The molecule has 0 radical (unpaired) electrons. The van der Waals surface area contributed by atoms with Crippen LogP contribution in [0.1, 0.15) is 44.3 Å². The van der Waals surface area contributed by atoms with Crippen molar-refractivity contribution in [2.45, 2.75) is 56.9 Å². The molecular weight excluding hydrogens is 272 g/mol. The first-order chi connectivity index (χ1) is 9.97. The fourth-order valence-electron chi connectivity index (χ4n) is 3.71. The molecule has 2 aliphatic rings. The van der Waals surface area contributed by atoms with Crippen LogP contribution in [0.3, 0.4) is 0 Å². The Kier molecular flexibility index (Phi) is 3.59. The molecule has 6 nitrogen and oxygen atoms in total. The van der Waals surface area contributed by atoms with Crippen LogP contribution in [0.4, 0.5) is 11.4 Å². The number of hydrogen-bond donors (Lipinski definition) is 2. The first kappa shape index (κ1) is 14.3. The van der Waals surface area contributed by atoms with Gasteiger partial charge >= 0.3 is 0 Å². The molecule has 0 amide bonds. The lowest BCUT2D eigenvalue weighted by Gasteiger charge is -2.38. The van der Waals surface area contributed by atoms with Crippen LogP contribution >= 0.6 is 0 Å². The van der Waals surface area contributed by atoms with Gasteiger partial charge in [0, 0.05) is 18.2 Å². The Morgan fingerprint density at radius 1 is 1.33 bits per heavy atom. The van der Waals surface area contributed by atoms with Gasteiger partial charge < -0.3 is 15.1 Å². The highest BCUT2D eigenvalue weighted by atomic mass is 16.6. The Morgan fingerprint density at radius 3 is 2.48 bits per heavy atom. The highest BCUT2D eigenvalue weighted by Gasteiger charge is 2.42. The summed E-state index contributed by atoms with van der Waals surface area (Å²) in [4.78, 5) is 13.1. The third kappa shape index (κ3) is 2.49. The summed E-state index contributed by atoms with van der Waals surface area (Å²) in [7, 11) is 0. The van der Waals surface area contributed by atoms with E-state index in [-0.39, 0.29) is 28.8 Å². The van der Waals surface area contributed by atoms with Gasteiger partial charge in [-0.25, -0.2) is 0 Å². The molecule has 0 saturated carbocycles. The van der Waals surface area contributed by atoms with Gasteiger partial charge in [-0.15, -0.1) is 0 Å². The van der Waals surface area contributed by atoms with E-state index in [4.69, 9.17) is 0 Å². The van der Waals surface area contributed by atoms with Crippen molar-refractivity contribution in [3.8, 4) is 0 Å². The molecule has 2 bridgehead atoms. The van der Waals surface area contributed by atoms with Crippen molar-refractivity contribution in [1.82, 2.24) is 0 Å². The monoisotopic (exact) mass is 292 g/mol. The van der Waals surface area contributed by atoms with Crippen LogP contribution in [0.5, 0.6) is 0 Å². The van der Waals surface area contributed by atoms with Gasteiger partial charge in [0.1, 0.15) is 5.69 Å². The number of anilines is 1. The van der Waals surface area contributed by atoms with E-state index in [1.165, 1.54) is 6.07 Å². The predicted octanol–water partition coefficient (Wildman–Crippen LogP) is 2.14. The number of piperidine rings is 1. The van der Waals surface area contributed by atoms with Crippen LogP contribution in [0.25, 0.3) is 0 Å². The van der Waals surface area contributed by atoms with E-state index in [2.05, 4.69) is 4.90 Å². The Hall–Kier alpha value is -1.66. The number of nitro groups is 1. The van der Waals surface area contributed by atoms with Crippen molar-refractivity contribution in [3.05, 3.63) is 33.9 Å². The van der Waals surface area contributed by atoms with Gasteiger partial charge in [0.2, 0.25) is 0 Å². The third-order valence-corrected chi connectivity index (χ3v) is 4.66. The molecule has 3 unspecified atom stereocenters. The fraction of sp³-hybridized carbons (Fsp3) is 0.600. The van der Waals surface area contributed by atoms with E-state index in [0.717, 1.165) is 12.8 Å². The van der Waals surface area contributed by atoms with Crippen molar-refractivity contribution >= 4 is 11.4 Å². The van der Waals surface area contributed by atoms with E-state index >= 15 is 0 Å². The fourth-order valence-corrected chi connectivity index (χ4v) is 3.71. The molecule has 2 fully saturated rings. The summed E-state index contributed by atoms with van der Waals surface area (Å²) >= 11 is 0. The van der Waals surface area contributed by atoms with Crippen LogP contribution in [-0.4, -0.2) is 33.3 Å². The Morgan fingerprint density at radius 2 is 1.95 bits per heavy atom. The van der Waals surface area contributed by atoms with Gasteiger partial charge in [0.25, 0.3) is 5.69 Å². The molecular formula is C15H20N2O4. The number of nitrogens with zero attached hydrogens (tertiary/aromatic N) is 2. The average Bonchev–Trinajstić information content (AvgIpc) is 2.69. The molecule has 2 heterocycles. The van der Waals surface area contributed by atoms with Crippen molar-refractivity contribution in [2.75, 3.05) is 4.90 Å². The summed E-state index contributed by atoms with van der Waals surface area (Å²) in [5.74, 6) is 0. The number of nitro benzene ring substituents is 1. The normalized spacial score (nSPS) is 29.5. The minimum atomic E-state index is -0.724. The van der Waals surface area contributed by atoms with E-state index in [9.17, 15) is 20.3 Å². The van der Waals surface area contributed by atoms with Crippen molar-refractivity contribution in [2.24, 2.45) is 0 Å². The highest BCUT2D eigenvalue weighted by molar-refractivity contribution is 5.66. The number of fused-ring (bicyclic) bond motifs is 2. The number of rotatable bonds is 3.